The van der Waals surface area contributed by atoms with Gasteiger partial charge in [-0.15, -0.1) is 0 Å². The lowest BCUT2D eigenvalue weighted by molar-refractivity contribution is -0.0443. The monoisotopic (exact) mass is 777 g/mol. The van der Waals surface area contributed by atoms with Crippen molar-refractivity contribution in [3.05, 3.63) is 185 Å². The zero-order chi connectivity index (χ0) is 40.1. The number of benzene rings is 7. The molecular formula is C58H51NO. The number of para-hydroxylation sites is 2. The quantitative estimate of drug-likeness (QED) is 0.177. The van der Waals surface area contributed by atoms with E-state index in [0.717, 1.165) is 50.6 Å². The molecule has 294 valence electrons. The van der Waals surface area contributed by atoms with Crippen molar-refractivity contribution in [1.29, 1.82) is 0 Å². The highest BCUT2D eigenvalue weighted by Gasteiger charge is 2.62. The van der Waals surface area contributed by atoms with E-state index < -0.39 is 0 Å². The van der Waals surface area contributed by atoms with E-state index in [2.05, 4.69) is 184 Å². The van der Waals surface area contributed by atoms with Crippen LogP contribution in [0, 0.1) is 23.7 Å². The molecule has 1 heterocycles. The second-order valence-electron chi connectivity index (χ2n) is 20.1. The zero-order valence-corrected chi connectivity index (χ0v) is 35.1. The fraction of sp³-hybridized carbons (Fsp3) is 0.276. The molecule has 0 saturated heterocycles. The highest BCUT2D eigenvalue weighted by atomic mass is 16.3. The van der Waals surface area contributed by atoms with Crippen molar-refractivity contribution in [2.24, 2.45) is 23.7 Å². The lowest BCUT2D eigenvalue weighted by Crippen LogP contribution is -2.58. The highest BCUT2D eigenvalue weighted by molar-refractivity contribution is 6.09. The van der Waals surface area contributed by atoms with Crippen molar-refractivity contribution in [2.75, 3.05) is 4.90 Å². The summed E-state index contributed by atoms with van der Waals surface area (Å²) in [5, 5.41) is 2.31. The standard InChI is InChI=1S/C58H51NO/c1-56(2)48-19-7-5-15-44(48)45-25-23-41(33-52(45)56)59(40-14-11-13-37(32-40)43-17-12-18-47-46-16-6-10-22-54(46)60-55(43)47)42-24-26-51-53(34-42)57(3,4)49-20-8-9-21-50(49)58(51)38-28-35-27-36(30-38)31-39(58)29-35/h5-26,32-36,38-39H,27-31H2,1-4H3. The first kappa shape index (κ1) is 34.9. The van der Waals surface area contributed by atoms with Gasteiger partial charge in [-0.1, -0.05) is 137 Å². The lowest BCUT2D eigenvalue weighted by atomic mass is 9.39. The average Bonchev–Trinajstić information content (AvgIpc) is 3.76. The number of hydrogen-bond acceptors (Lipinski definition) is 2. The molecule has 14 rings (SSSR count). The Hall–Kier alpha value is -5.86. The van der Waals surface area contributed by atoms with Crippen LogP contribution in [0.2, 0.25) is 0 Å². The summed E-state index contributed by atoms with van der Waals surface area (Å²) < 4.78 is 6.61. The third-order valence-corrected chi connectivity index (χ3v) is 16.5. The minimum absolute atomic E-state index is 0.0901. The third kappa shape index (κ3) is 4.55. The van der Waals surface area contributed by atoms with Gasteiger partial charge in [0.05, 0.1) is 0 Å². The minimum Gasteiger partial charge on any atom is -0.455 e. The summed E-state index contributed by atoms with van der Waals surface area (Å²) >= 11 is 0. The van der Waals surface area contributed by atoms with Crippen LogP contribution in [0.1, 0.15) is 93.2 Å². The van der Waals surface area contributed by atoms with E-state index in [-0.39, 0.29) is 16.2 Å². The number of fused-ring (bicyclic) bond motifs is 8. The summed E-state index contributed by atoms with van der Waals surface area (Å²) in [7, 11) is 0. The Morgan fingerprint density at radius 2 is 1.00 bits per heavy atom. The third-order valence-electron chi connectivity index (χ3n) is 16.5. The molecule has 0 amide bonds. The van der Waals surface area contributed by atoms with Gasteiger partial charge in [-0.2, -0.15) is 0 Å². The van der Waals surface area contributed by atoms with E-state index in [1.807, 2.05) is 0 Å². The van der Waals surface area contributed by atoms with Crippen LogP contribution in [-0.2, 0) is 16.2 Å². The number of nitrogens with zero attached hydrogens (tertiary/aromatic N) is 1. The van der Waals surface area contributed by atoms with E-state index >= 15 is 0 Å². The maximum atomic E-state index is 6.61. The molecular weight excluding hydrogens is 727 g/mol. The molecule has 4 fully saturated rings. The van der Waals surface area contributed by atoms with Crippen LogP contribution in [-0.4, -0.2) is 0 Å². The molecule has 0 aliphatic heterocycles. The Bertz CT molecular complexity index is 3060. The van der Waals surface area contributed by atoms with Crippen LogP contribution in [0.25, 0.3) is 44.2 Å². The maximum absolute atomic E-state index is 6.61. The van der Waals surface area contributed by atoms with Crippen molar-refractivity contribution >= 4 is 39.0 Å². The smallest absolute Gasteiger partial charge is 0.143 e. The van der Waals surface area contributed by atoms with Gasteiger partial charge < -0.3 is 9.32 Å². The highest BCUT2D eigenvalue weighted by Crippen LogP contribution is 2.69. The maximum Gasteiger partial charge on any atom is 0.143 e. The van der Waals surface area contributed by atoms with Gasteiger partial charge >= 0.3 is 0 Å². The molecule has 4 saturated carbocycles. The SMILES string of the molecule is CC1(C)c2ccccc2-c2ccc(N(c3cccc(-c4cccc5c4oc4ccccc45)c3)c3ccc4c(c3)C(C)(C)c3ccccc3C43C4CC5CC(C4)CC3C5)cc21. The van der Waals surface area contributed by atoms with Crippen LogP contribution < -0.4 is 4.90 Å². The average molecular weight is 778 g/mol. The summed E-state index contributed by atoms with van der Waals surface area (Å²) in [5.41, 5.74) is 19.3. The second-order valence-corrected chi connectivity index (χ2v) is 20.1. The fourth-order valence-corrected chi connectivity index (χ4v) is 14.1. The molecule has 0 atom stereocenters. The topological polar surface area (TPSA) is 16.4 Å². The Morgan fingerprint density at radius 1 is 0.433 bits per heavy atom. The summed E-state index contributed by atoms with van der Waals surface area (Å²) in [6.45, 7) is 9.77. The van der Waals surface area contributed by atoms with Gasteiger partial charge in [0.15, 0.2) is 0 Å². The first-order valence-electron chi connectivity index (χ1n) is 22.5. The molecule has 0 unspecified atom stereocenters. The molecule has 2 heteroatoms. The van der Waals surface area contributed by atoms with Crippen LogP contribution >= 0.6 is 0 Å². The normalized spacial score (nSPS) is 24.7. The van der Waals surface area contributed by atoms with Gasteiger partial charge in [0.2, 0.25) is 0 Å². The first-order valence-corrected chi connectivity index (χ1v) is 22.5. The van der Waals surface area contributed by atoms with Gasteiger partial charge in [0.25, 0.3) is 0 Å². The largest absolute Gasteiger partial charge is 0.455 e. The van der Waals surface area contributed by atoms with Gasteiger partial charge in [0, 0.05) is 49.6 Å². The molecule has 6 aliphatic carbocycles. The van der Waals surface area contributed by atoms with Crippen LogP contribution in [0.4, 0.5) is 17.1 Å². The van der Waals surface area contributed by atoms with Gasteiger partial charge in [0.1, 0.15) is 11.2 Å². The lowest BCUT2D eigenvalue weighted by Gasteiger charge is -2.64. The van der Waals surface area contributed by atoms with Crippen LogP contribution in [0.3, 0.4) is 0 Å². The summed E-state index contributed by atoms with van der Waals surface area (Å²) in [6.07, 6.45) is 6.99. The molecule has 7 aromatic carbocycles. The summed E-state index contributed by atoms with van der Waals surface area (Å²) in [4.78, 5) is 2.54. The Balaban J connectivity index is 1.03. The number of anilines is 3. The van der Waals surface area contributed by atoms with Crippen molar-refractivity contribution in [1.82, 2.24) is 0 Å². The zero-order valence-electron chi connectivity index (χ0n) is 35.1. The Morgan fingerprint density at radius 3 is 1.80 bits per heavy atom. The van der Waals surface area contributed by atoms with Crippen molar-refractivity contribution < 1.29 is 4.42 Å². The van der Waals surface area contributed by atoms with Crippen molar-refractivity contribution in [2.45, 2.75) is 76.0 Å². The second kappa shape index (κ2) is 12.1. The first-order chi connectivity index (χ1) is 29.2. The van der Waals surface area contributed by atoms with Gasteiger partial charge in [-0.25, -0.2) is 0 Å². The van der Waals surface area contributed by atoms with E-state index in [4.69, 9.17) is 4.42 Å². The van der Waals surface area contributed by atoms with Gasteiger partial charge in [-0.3, -0.25) is 0 Å². The number of rotatable bonds is 4. The van der Waals surface area contributed by atoms with Crippen molar-refractivity contribution in [3.63, 3.8) is 0 Å². The number of furan rings is 1. The molecule has 6 aliphatic rings. The Labute approximate surface area is 353 Å². The van der Waals surface area contributed by atoms with Crippen molar-refractivity contribution in [3.8, 4) is 22.3 Å². The molecule has 1 aromatic heterocycles. The molecule has 60 heavy (non-hydrogen) atoms. The fourth-order valence-electron chi connectivity index (χ4n) is 14.1. The van der Waals surface area contributed by atoms with E-state index in [0.29, 0.717) is 11.8 Å². The van der Waals surface area contributed by atoms with Gasteiger partial charge in [-0.05, 0) is 148 Å². The van der Waals surface area contributed by atoms with Crippen LogP contribution in [0.5, 0.6) is 0 Å². The van der Waals surface area contributed by atoms with E-state index in [1.165, 1.54) is 76.9 Å². The summed E-state index contributed by atoms with van der Waals surface area (Å²) in [5.74, 6) is 3.24. The molecule has 1 spiro atoms. The van der Waals surface area contributed by atoms with Crippen LogP contribution in [0.15, 0.2) is 156 Å². The van der Waals surface area contributed by atoms with E-state index in [9.17, 15) is 0 Å². The predicted octanol–water partition coefficient (Wildman–Crippen LogP) is 15.4. The minimum atomic E-state index is -0.145. The predicted molar refractivity (Wildman–Crippen MR) is 248 cm³/mol. The molecule has 8 aromatic rings. The molecule has 0 radical (unpaired) electrons. The molecule has 2 nitrogen and oxygen atoms in total. The Kier molecular flexibility index (Phi) is 7.06. The molecule has 0 N–H and O–H groups in total. The number of hydrogen-bond donors (Lipinski definition) is 0. The van der Waals surface area contributed by atoms with E-state index in [1.54, 1.807) is 11.1 Å². The molecule has 4 bridgehead atoms. The summed E-state index contributed by atoms with van der Waals surface area (Å²) in [6, 6.07) is 57.7.